The summed E-state index contributed by atoms with van der Waals surface area (Å²) >= 11 is 0. The van der Waals surface area contributed by atoms with Crippen molar-refractivity contribution in [2.24, 2.45) is 28.6 Å². The van der Waals surface area contributed by atoms with E-state index in [9.17, 15) is 9.59 Å². The van der Waals surface area contributed by atoms with Crippen LogP contribution in [0.25, 0.3) is 0 Å². The van der Waals surface area contributed by atoms with Gasteiger partial charge in [-0.15, -0.1) is 0 Å². The maximum Gasteiger partial charge on any atom is 0.410 e. The number of carbonyl (C=O) groups is 1. The van der Waals surface area contributed by atoms with Gasteiger partial charge in [0.15, 0.2) is 0 Å². The second-order valence-corrected chi connectivity index (χ2v) is 12.3. The zero-order valence-electron chi connectivity index (χ0n) is 21.3. The van der Waals surface area contributed by atoms with Crippen LogP contribution >= 0.6 is 0 Å². The minimum atomic E-state index is -0.269. The Morgan fingerprint density at radius 1 is 1.11 bits per heavy atom. The molecule has 35 heavy (non-hydrogen) atoms. The SMILES string of the molecule is CC12CCC3C(CCC4CC(OC(=O)N5CCNCC5)CCC43C)C1=CCC2c1ccc(=O)oc1. The van der Waals surface area contributed by atoms with Crippen molar-refractivity contribution in [2.45, 2.75) is 77.2 Å². The molecule has 6 heteroatoms. The first-order chi connectivity index (χ1) is 16.9. The fourth-order valence-corrected chi connectivity index (χ4v) is 8.79. The summed E-state index contributed by atoms with van der Waals surface area (Å²) in [6, 6.07) is 3.55. The van der Waals surface area contributed by atoms with Crippen LogP contribution in [0.1, 0.15) is 76.7 Å². The van der Waals surface area contributed by atoms with E-state index in [-0.39, 0.29) is 23.2 Å². The summed E-state index contributed by atoms with van der Waals surface area (Å²) in [4.78, 5) is 26.1. The Bertz CT molecular complexity index is 1040. The van der Waals surface area contributed by atoms with Gasteiger partial charge in [0.1, 0.15) is 6.10 Å². The minimum Gasteiger partial charge on any atom is -0.446 e. The lowest BCUT2D eigenvalue weighted by atomic mass is 9.46. The van der Waals surface area contributed by atoms with Crippen molar-refractivity contribution in [1.82, 2.24) is 10.2 Å². The van der Waals surface area contributed by atoms with E-state index < -0.39 is 0 Å². The van der Waals surface area contributed by atoms with E-state index >= 15 is 0 Å². The van der Waals surface area contributed by atoms with Gasteiger partial charge in [0.05, 0.1) is 6.26 Å². The maximum absolute atomic E-state index is 12.7. The average molecular weight is 481 g/mol. The number of fused-ring (bicyclic) bond motifs is 5. The predicted octanol–water partition coefficient (Wildman–Crippen LogP) is 5.10. The first kappa shape index (κ1) is 23.3. The number of carbonyl (C=O) groups excluding carboxylic acids is 1. The first-order valence-electron chi connectivity index (χ1n) is 13.8. The van der Waals surface area contributed by atoms with Crippen LogP contribution < -0.4 is 10.9 Å². The number of ether oxygens (including phenoxy) is 1. The van der Waals surface area contributed by atoms with Crippen LogP contribution in [0.3, 0.4) is 0 Å². The normalized spacial score (nSPS) is 40.8. The molecule has 4 fully saturated rings. The highest BCUT2D eigenvalue weighted by atomic mass is 16.6. The molecule has 3 saturated carbocycles. The molecule has 5 aliphatic rings. The fraction of sp³-hybridized carbons (Fsp3) is 0.724. The largest absolute Gasteiger partial charge is 0.446 e. The van der Waals surface area contributed by atoms with Gasteiger partial charge in [-0.05, 0) is 97.5 Å². The van der Waals surface area contributed by atoms with Gasteiger partial charge in [0.2, 0.25) is 0 Å². The number of rotatable bonds is 2. The Hall–Kier alpha value is -2.08. The highest BCUT2D eigenvalue weighted by Gasteiger charge is 2.58. The minimum absolute atomic E-state index is 0.0729. The van der Waals surface area contributed by atoms with Gasteiger partial charge in [-0.1, -0.05) is 25.5 Å². The molecule has 1 amide bonds. The Kier molecular flexibility index (Phi) is 5.86. The second-order valence-electron chi connectivity index (χ2n) is 12.3. The molecule has 1 aliphatic heterocycles. The molecule has 7 unspecified atom stereocenters. The van der Waals surface area contributed by atoms with Crippen LogP contribution in [0.15, 0.2) is 39.3 Å². The molecule has 190 valence electrons. The number of nitrogens with one attached hydrogen (secondary N) is 1. The smallest absolute Gasteiger partial charge is 0.410 e. The number of allylic oxidation sites excluding steroid dienone is 2. The summed E-state index contributed by atoms with van der Waals surface area (Å²) < 4.78 is 11.3. The van der Waals surface area contributed by atoms with Crippen LogP contribution in [-0.2, 0) is 4.74 Å². The van der Waals surface area contributed by atoms with Gasteiger partial charge in [0, 0.05) is 32.2 Å². The second kappa shape index (κ2) is 8.79. The van der Waals surface area contributed by atoms with E-state index in [1.807, 2.05) is 11.0 Å². The Morgan fingerprint density at radius 3 is 2.71 bits per heavy atom. The number of hydrogen-bond acceptors (Lipinski definition) is 5. The molecule has 6 rings (SSSR count). The lowest BCUT2D eigenvalue weighted by Crippen LogP contribution is -2.52. The molecule has 1 aromatic rings. The molecule has 4 aliphatic carbocycles. The Morgan fingerprint density at radius 2 is 1.94 bits per heavy atom. The first-order valence-corrected chi connectivity index (χ1v) is 13.8. The molecular weight excluding hydrogens is 440 g/mol. The maximum atomic E-state index is 12.7. The van der Waals surface area contributed by atoms with Gasteiger partial charge in [-0.25, -0.2) is 9.59 Å². The van der Waals surface area contributed by atoms with Crippen LogP contribution in [0.5, 0.6) is 0 Å². The monoisotopic (exact) mass is 480 g/mol. The standard InChI is InChI=1S/C29H40N2O4/c1-28-11-9-21(35-27(33)31-15-13-30-14-16-31)17-20(28)4-5-22-24-7-6-23(19-3-8-26(32)34-18-19)29(24,2)12-10-25(22)28/h3,7-8,18,20-23,25,30H,4-6,9-17H2,1-2H3. The predicted molar refractivity (Wildman–Crippen MR) is 134 cm³/mol. The third-order valence-corrected chi connectivity index (χ3v) is 10.8. The van der Waals surface area contributed by atoms with Gasteiger partial charge < -0.3 is 19.4 Å². The number of nitrogens with zero attached hydrogens (tertiary/aromatic N) is 1. The van der Waals surface area contributed by atoms with Crippen LogP contribution in [-0.4, -0.2) is 43.3 Å². The van der Waals surface area contributed by atoms with Crippen LogP contribution in [0, 0.1) is 28.6 Å². The number of hydrogen-bond donors (Lipinski definition) is 1. The Balaban J connectivity index is 1.15. The van der Waals surface area contributed by atoms with Crippen LogP contribution in [0.2, 0.25) is 0 Å². The average Bonchev–Trinajstić information content (AvgIpc) is 3.22. The van der Waals surface area contributed by atoms with E-state index in [1.165, 1.54) is 31.2 Å². The highest BCUT2D eigenvalue weighted by Crippen LogP contribution is 2.67. The molecule has 1 saturated heterocycles. The topological polar surface area (TPSA) is 71.8 Å². The summed E-state index contributed by atoms with van der Waals surface area (Å²) in [5.74, 6) is 2.44. The number of piperazine rings is 1. The summed E-state index contributed by atoms with van der Waals surface area (Å²) in [5, 5.41) is 3.30. The summed E-state index contributed by atoms with van der Waals surface area (Å²) in [6.45, 7) is 8.22. The van der Waals surface area contributed by atoms with E-state index in [0.717, 1.165) is 57.8 Å². The van der Waals surface area contributed by atoms with Crippen LogP contribution in [0.4, 0.5) is 4.79 Å². The van der Waals surface area contributed by atoms with Crippen molar-refractivity contribution in [2.75, 3.05) is 26.2 Å². The molecule has 2 heterocycles. The zero-order valence-corrected chi connectivity index (χ0v) is 21.3. The quantitative estimate of drug-likeness (QED) is 0.597. The van der Waals surface area contributed by atoms with Gasteiger partial charge in [-0.3, -0.25) is 0 Å². The molecule has 6 nitrogen and oxygen atoms in total. The Labute approximate surface area is 208 Å². The van der Waals surface area contributed by atoms with E-state index in [1.54, 1.807) is 17.9 Å². The molecule has 1 aromatic heterocycles. The molecule has 0 radical (unpaired) electrons. The molecule has 1 N–H and O–H groups in total. The molecular formula is C29H40N2O4. The molecule has 0 spiro atoms. The third kappa shape index (κ3) is 3.87. The van der Waals surface area contributed by atoms with Crippen molar-refractivity contribution in [3.8, 4) is 0 Å². The summed E-state index contributed by atoms with van der Waals surface area (Å²) in [7, 11) is 0. The number of amides is 1. The van der Waals surface area contributed by atoms with E-state index in [0.29, 0.717) is 23.2 Å². The van der Waals surface area contributed by atoms with Gasteiger partial charge in [0.25, 0.3) is 0 Å². The van der Waals surface area contributed by atoms with Crippen molar-refractivity contribution < 1.29 is 13.9 Å². The molecule has 0 bridgehead atoms. The molecule has 7 atom stereocenters. The van der Waals surface area contributed by atoms with E-state index in [4.69, 9.17) is 9.15 Å². The van der Waals surface area contributed by atoms with Crippen molar-refractivity contribution >= 4 is 6.09 Å². The van der Waals surface area contributed by atoms with Gasteiger partial charge in [-0.2, -0.15) is 0 Å². The summed E-state index contributed by atoms with van der Waals surface area (Å²) in [6.07, 6.45) is 13.4. The summed E-state index contributed by atoms with van der Waals surface area (Å²) in [5.41, 5.74) is 3.08. The van der Waals surface area contributed by atoms with E-state index in [2.05, 4.69) is 25.2 Å². The lowest BCUT2D eigenvalue weighted by Gasteiger charge is -2.59. The third-order valence-electron chi connectivity index (χ3n) is 10.8. The highest BCUT2D eigenvalue weighted by molar-refractivity contribution is 5.68. The van der Waals surface area contributed by atoms with Gasteiger partial charge >= 0.3 is 11.7 Å². The van der Waals surface area contributed by atoms with Crippen molar-refractivity contribution in [3.63, 3.8) is 0 Å². The fourth-order valence-electron chi connectivity index (χ4n) is 8.79. The zero-order chi connectivity index (χ0) is 24.2. The molecule has 0 aromatic carbocycles. The van der Waals surface area contributed by atoms with Crippen molar-refractivity contribution in [3.05, 3.63) is 46.0 Å². The lowest BCUT2D eigenvalue weighted by molar-refractivity contribution is -0.0872. The van der Waals surface area contributed by atoms with Crippen molar-refractivity contribution in [1.29, 1.82) is 0 Å².